The molecule has 0 unspecified atom stereocenters. The molecule has 0 atom stereocenters. The van der Waals surface area contributed by atoms with Gasteiger partial charge in [0.1, 0.15) is 0 Å². The number of nitrogens with zero attached hydrogens (tertiary/aromatic N) is 3. The fourth-order valence-electron chi connectivity index (χ4n) is 3.89. The molecule has 1 aliphatic rings. The van der Waals surface area contributed by atoms with Crippen LogP contribution in [0.15, 0.2) is 64.5 Å². The van der Waals surface area contributed by atoms with Gasteiger partial charge < -0.3 is 11.1 Å². The Kier molecular flexibility index (Phi) is 6.33. The van der Waals surface area contributed by atoms with Crippen LogP contribution in [0.5, 0.6) is 0 Å². The highest BCUT2D eigenvalue weighted by molar-refractivity contribution is 9.10. The number of primary amides is 1. The van der Waals surface area contributed by atoms with E-state index < -0.39 is 5.91 Å². The molecule has 1 fully saturated rings. The summed E-state index contributed by atoms with van der Waals surface area (Å²) in [7, 11) is 0. The molecular formula is C24H19BrClN5O2S. The summed E-state index contributed by atoms with van der Waals surface area (Å²) < 4.78 is 2.47. The summed E-state index contributed by atoms with van der Waals surface area (Å²) in [4.78, 5) is 23.9. The normalized spacial score (nSPS) is 13.2. The maximum absolute atomic E-state index is 12.6. The Labute approximate surface area is 213 Å². The number of fused-ring (bicyclic) bond motifs is 1. The van der Waals surface area contributed by atoms with Gasteiger partial charge in [-0.05, 0) is 69.9 Å². The number of aromatic nitrogens is 3. The predicted molar refractivity (Wildman–Crippen MR) is 138 cm³/mol. The Hall–Kier alpha value is -2.88. The fourth-order valence-corrected chi connectivity index (χ4v) is 5.41. The zero-order valence-corrected chi connectivity index (χ0v) is 21.0. The van der Waals surface area contributed by atoms with Crippen molar-refractivity contribution in [1.29, 1.82) is 0 Å². The largest absolute Gasteiger partial charge is 0.366 e. The maximum Gasteiger partial charge on any atom is 0.248 e. The second-order valence-electron chi connectivity index (χ2n) is 7.98. The minimum absolute atomic E-state index is 0.0944. The van der Waals surface area contributed by atoms with E-state index in [0.717, 1.165) is 11.1 Å². The number of rotatable bonds is 7. The van der Waals surface area contributed by atoms with E-state index in [0.29, 0.717) is 21.5 Å². The van der Waals surface area contributed by atoms with Crippen molar-refractivity contribution in [2.75, 3.05) is 11.1 Å². The van der Waals surface area contributed by atoms with Crippen LogP contribution in [0.3, 0.4) is 0 Å². The van der Waals surface area contributed by atoms with Gasteiger partial charge in [0.25, 0.3) is 0 Å². The van der Waals surface area contributed by atoms with E-state index in [1.54, 1.807) is 6.07 Å². The van der Waals surface area contributed by atoms with Crippen molar-refractivity contribution in [3.05, 3.63) is 75.5 Å². The third kappa shape index (κ3) is 4.55. The molecule has 0 aliphatic heterocycles. The summed E-state index contributed by atoms with van der Waals surface area (Å²) in [6.07, 6.45) is 2.45. The van der Waals surface area contributed by atoms with E-state index in [9.17, 15) is 9.59 Å². The number of benzene rings is 3. The van der Waals surface area contributed by atoms with Crippen LogP contribution in [0.25, 0.3) is 16.5 Å². The van der Waals surface area contributed by atoms with Gasteiger partial charge in [-0.3, -0.25) is 14.2 Å². The molecule has 3 aromatic carbocycles. The molecule has 4 aromatic rings. The molecule has 1 saturated carbocycles. The molecular weight excluding hydrogens is 538 g/mol. The van der Waals surface area contributed by atoms with E-state index in [-0.39, 0.29) is 22.2 Å². The average molecular weight is 557 g/mol. The third-order valence-electron chi connectivity index (χ3n) is 5.65. The molecule has 2 amide bonds. The quantitative estimate of drug-likeness (QED) is 0.291. The van der Waals surface area contributed by atoms with Gasteiger partial charge >= 0.3 is 0 Å². The summed E-state index contributed by atoms with van der Waals surface area (Å²) in [5.41, 5.74) is 8.26. The minimum Gasteiger partial charge on any atom is -0.366 e. The zero-order valence-electron chi connectivity index (χ0n) is 17.8. The maximum atomic E-state index is 12.6. The van der Waals surface area contributed by atoms with E-state index in [2.05, 4.69) is 61.8 Å². The summed E-state index contributed by atoms with van der Waals surface area (Å²) >= 11 is 11.0. The predicted octanol–water partition coefficient (Wildman–Crippen LogP) is 5.54. The van der Waals surface area contributed by atoms with Crippen molar-refractivity contribution in [3.63, 3.8) is 0 Å². The van der Waals surface area contributed by atoms with Gasteiger partial charge in [0.05, 0.1) is 22.2 Å². The van der Waals surface area contributed by atoms with E-state index in [1.807, 2.05) is 10.6 Å². The first-order valence-corrected chi connectivity index (χ1v) is 12.7. The number of carbonyl (C=O) groups excluding carboxylic acids is 2. The summed E-state index contributed by atoms with van der Waals surface area (Å²) in [5.74, 6) is -0.127. The number of hydrogen-bond donors (Lipinski definition) is 2. The molecule has 34 heavy (non-hydrogen) atoms. The van der Waals surface area contributed by atoms with E-state index in [4.69, 9.17) is 17.3 Å². The van der Waals surface area contributed by atoms with Crippen LogP contribution >= 0.6 is 39.3 Å². The highest BCUT2D eigenvalue weighted by atomic mass is 79.9. The third-order valence-corrected chi connectivity index (χ3v) is 7.40. The molecule has 1 aliphatic carbocycles. The number of nitrogens with one attached hydrogen (secondary N) is 1. The molecule has 1 heterocycles. The molecule has 1 aromatic heterocycles. The second kappa shape index (κ2) is 9.40. The fraction of sp³-hybridized carbons (Fsp3) is 0.167. The van der Waals surface area contributed by atoms with Crippen LogP contribution in [0.4, 0.5) is 5.69 Å². The number of anilines is 1. The Balaban J connectivity index is 1.37. The lowest BCUT2D eigenvalue weighted by Gasteiger charge is -2.14. The van der Waals surface area contributed by atoms with Gasteiger partial charge in [-0.1, -0.05) is 53.7 Å². The number of amides is 2. The van der Waals surface area contributed by atoms with Crippen molar-refractivity contribution in [2.24, 2.45) is 5.73 Å². The Bertz CT molecular complexity index is 1440. The number of hydrogen-bond acceptors (Lipinski definition) is 5. The first-order valence-electron chi connectivity index (χ1n) is 10.6. The molecule has 0 saturated heterocycles. The molecule has 0 bridgehead atoms. The monoisotopic (exact) mass is 555 g/mol. The van der Waals surface area contributed by atoms with Crippen molar-refractivity contribution in [1.82, 2.24) is 14.8 Å². The molecule has 0 spiro atoms. The lowest BCUT2D eigenvalue weighted by atomic mass is 9.99. The highest BCUT2D eigenvalue weighted by Crippen LogP contribution is 2.44. The van der Waals surface area contributed by atoms with Crippen LogP contribution in [-0.2, 0) is 4.79 Å². The average Bonchev–Trinajstić information content (AvgIpc) is 3.61. The van der Waals surface area contributed by atoms with Gasteiger partial charge in [0.2, 0.25) is 16.5 Å². The first-order chi connectivity index (χ1) is 16.4. The molecule has 5 rings (SSSR count). The summed E-state index contributed by atoms with van der Waals surface area (Å²) in [6.45, 7) is 0. The number of halogens is 2. The second-order valence-corrected chi connectivity index (χ2v) is 10.0. The summed E-state index contributed by atoms with van der Waals surface area (Å²) in [6, 6.07) is 17.1. The van der Waals surface area contributed by atoms with Crippen LogP contribution in [0.2, 0.25) is 5.02 Å². The Morgan fingerprint density at radius 2 is 1.88 bits per heavy atom. The smallest absolute Gasteiger partial charge is 0.248 e. The van der Waals surface area contributed by atoms with Crippen LogP contribution in [0.1, 0.15) is 34.7 Å². The SMILES string of the molecule is NC(=O)c1ccc(NC(=O)CSc2nnc(Br)n2-c2ccc(C3CC3)c3ccccc23)c(Cl)c1. The van der Waals surface area contributed by atoms with Crippen LogP contribution in [-0.4, -0.2) is 32.3 Å². The number of nitrogens with two attached hydrogens (primary N) is 1. The van der Waals surface area contributed by atoms with Gasteiger partial charge in [0.15, 0.2) is 5.16 Å². The molecule has 3 N–H and O–H groups in total. The standard InChI is InChI=1S/C24H19BrClN5O2S/c25-23-29-30-24(34-12-21(32)28-19-9-7-14(22(27)33)11-18(19)26)31(23)20-10-8-15(13-5-6-13)16-3-1-2-4-17(16)20/h1-4,7-11,13H,5-6,12H2,(H2,27,33)(H,28,32). The number of thioether (sulfide) groups is 1. The van der Waals surface area contributed by atoms with Gasteiger partial charge in [-0.15, -0.1) is 10.2 Å². The Morgan fingerprint density at radius 1 is 1.12 bits per heavy atom. The first kappa shape index (κ1) is 22.9. The lowest BCUT2D eigenvalue weighted by molar-refractivity contribution is -0.113. The van der Waals surface area contributed by atoms with E-state index >= 15 is 0 Å². The van der Waals surface area contributed by atoms with Crippen molar-refractivity contribution in [3.8, 4) is 5.69 Å². The highest BCUT2D eigenvalue weighted by Gasteiger charge is 2.26. The van der Waals surface area contributed by atoms with Crippen molar-refractivity contribution >= 4 is 67.6 Å². The molecule has 10 heteroatoms. The molecule has 172 valence electrons. The van der Waals surface area contributed by atoms with Gasteiger partial charge in [-0.25, -0.2) is 0 Å². The van der Waals surface area contributed by atoms with Crippen molar-refractivity contribution in [2.45, 2.75) is 23.9 Å². The van der Waals surface area contributed by atoms with Crippen LogP contribution < -0.4 is 11.1 Å². The number of carbonyl (C=O) groups is 2. The van der Waals surface area contributed by atoms with Gasteiger partial charge in [0, 0.05) is 10.9 Å². The van der Waals surface area contributed by atoms with Crippen molar-refractivity contribution < 1.29 is 9.59 Å². The van der Waals surface area contributed by atoms with E-state index in [1.165, 1.54) is 47.7 Å². The topological polar surface area (TPSA) is 103 Å². The lowest BCUT2D eigenvalue weighted by Crippen LogP contribution is -2.16. The minimum atomic E-state index is -0.585. The summed E-state index contributed by atoms with van der Waals surface area (Å²) in [5, 5.41) is 14.4. The molecule has 7 nitrogen and oxygen atoms in total. The Morgan fingerprint density at radius 3 is 2.59 bits per heavy atom. The zero-order chi connectivity index (χ0) is 23.8. The molecule has 0 radical (unpaired) electrons. The van der Waals surface area contributed by atoms with Gasteiger partial charge in [-0.2, -0.15) is 0 Å². The van der Waals surface area contributed by atoms with Crippen LogP contribution in [0, 0.1) is 0 Å².